The van der Waals surface area contributed by atoms with Crippen LogP contribution in [-0.4, -0.2) is 42.0 Å². The van der Waals surface area contributed by atoms with Gasteiger partial charge in [0.25, 0.3) is 0 Å². The molecular weight excluding hydrogens is 370 g/mol. The molecule has 2 amide bonds. The molecule has 4 nitrogen and oxygen atoms in total. The van der Waals surface area contributed by atoms with Crippen molar-refractivity contribution < 1.29 is 4.79 Å². The van der Waals surface area contributed by atoms with Crippen LogP contribution in [0.15, 0.2) is 48.5 Å². The van der Waals surface area contributed by atoms with Crippen molar-refractivity contribution in [3.05, 3.63) is 65.2 Å². The molecule has 0 saturated carbocycles. The second-order valence-corrected chi connectivity index (χ2v) is 9.52. The highest BCUT2D eigenvalue weighted by Gasteiger charge is 2.19. The summed E-state index contributed by atoms with van der Waals surface area (Å²) in [6.07, 6.45) is 3.86. The van der Waals surface area contributed by atoms with Crippen molar-refractivity contribution in [1.29, 1.82) is 0 Å². The summed E-state index contributed by atoms with van der Waals surface area (Å²) in [5, 5.41) is 3.12. The van der Waals surface area contributed by atoms with Crippen molar-refractivity contribution in [2.24, 2.45) is 0 Å². The fourth-order valence-electron chi connectivity index (χ4n) is 3.94. The Morgan fingerprint density at radius 3 is 2.30 bits per heavy atom. The second-order valence-electron chi connectivity index (χ2n) is 9.52. The zero-order valence-electron chi connectivity index (χ0n) is 19.1. The first-order valence-corrected chi connectivity index (χ1v) is 11.3. The van der Waals surface area contributed by atoms with Crippen LogP contribution in [0, 0.1) is 6.92 Å². The number of para-hydroxylation sites is 1. The molecule has 162 valence electrons. The van der Waals surface area contributed by atoms with E-state index in [1.54, 1.807) is 0 Å². The Morgan fingerprint density at radius 2 is 1.67 bits per heavy atom. The van der Waals surface area contributed by atoms with Crippen molar-refractivity contribution in [3.8, 4) is 0 Å². The molecule has 0 radical (unpaired) electrons. The van der Waals surface area contributed by atoms with E-state index in [0.29, 0.717) is 6.54 Å². The highest BCUT2D eigenvalue weighted by atomic mass is 16.2. The minimum absolute atomic E-state index is 0.0267. The zero-order valence-corrected chi connectivity index (χ0v) is 19.1. The van der Waals surface area contributed by atoms with Crippen LogP contribution >= 0.6 is 0 Å². The van der Waals surface area contributed by atoms with Crippen molar-refractivity contribution in [1.82, 2.24) is 9.80 Å². The highest BCUT2D eigenvalue weighted by molar-refractivity contribution is 5.90. The summed E-state index contributed by atoms with van der Waals surface area (Å²) < 4.78 is 0. The standard InChI is InChI=1S/C26H37N3O/c1-21-10-6-7-11-24(21)27-25(30)29(19-18-28-16-8-5-9-17-28)20-22-12-14-23(15-13-22)26(2,3)4/h6-7,10-15H,5,8-9,16-20H2,1-4H3,(H,27,30). The van der Waals surface area contributed by atoms with Crippen LogP contribution in [0.3, 0.4) is 0 Å². The number of aryl methyl sites for hydroxylation is 1. The third-order valence-corrected chi connectivity index (χ3v) is 6.00. The van der Waals surface area contributed by atoms with E-state index in [4.69, 9.17) is 0 Å². The molecule has 1 fully saturated rings. The number of hydrogen-bond donors (Lipinski definition) is 1. The van der Waals surface area contributed by atoms with Crippen LogP contribution in [0.4, 0.5) is 10.5 Å². The molecular formula is C26H37N3O. The molecule has 0 unspecified atom stereocenters. The Labute approximate surface area is 182 Å². The quantitative estimate of drug-likeness (QED) is 0.655. The van der Waals surface area contributed by atoms with E-state index in [2.05, 4.69) is 55.3 Å². The van der Waals surface area contributed by atoms with Crippen LogP contribution in [0.25, 0.3) is 0 Å². The van der Waals surface area contributed by atoms with Gasteiger partial charge in [-0.15, -0.1) is 0 Å². The zero-order chi connectivity index (χ0) is 21.6. The fraction of sp³-hybridized carbons (Fsp3) is 0.500. The Balaban J connectivity index is 1.70. The molecule has 0 aromatic heterocycles. The Hall–Kier alpha value is -2.33. The number of anilines is 1. The average molecular weight is 408 g/mol. The highest BCUT2D eigenvalue weighted by Crippen LogP contribution is 2.23. The van der Waals surface area contributed by atoms with Crippen LogP contribution in [0.2, 0.25) is 0 Å². The third kappa shape index (κ3) is 6.33. The molecule has 0 bridgehead atoms. The summed E-state index contributed by atoms with van der Waals surface area (Å²) in [5.41, 5.74) is 4.58. The summed E-state index contributed by atoms with van der Waals surface area (Å²) in [6.45, 7) is 13.3. The van der Waals surface area contributed by atoms with E-state index in [1.165, 1.54) is 30.4 Å². The molecule has 4 heteroatoms. The predicted molar refractivity (Wildman–Crippen MR) is 126 cm³/mol. The summed E-state index contributed by atoms with van der Waals surface area (Å²) >= 11 is 0. The van der Waals surface area contributed by atoms with Gasteiger partial charge in [-0.3, -0.25) is 0 Å². The predicted octanol–water partition coefficient (Wildman–Crippen LogP) is 5.81. The molecule has 2 aromatic carbocycles. The van der Waals surface area contributed by atoms with Crippen LogP contribution in [-0.2, 0) is 12.0 Å². The van der Waals surface area contributed by atoms with E-state index >= 15 is 0 Å². The number of rotatable bonds is 6. The van der Waals surface area contributed by atoms with Crippen molar-refractivity contribution in [3.63, 3.8) is 0 Å². The van der Waals surface area contributed by atoms with Crippen molar-refractivity contribution in [2.75, 3.05) is 31.5 Å². The molecule has 1 heterocycles. The van der Waals surface area contributed by atoms with Gasteiger partial charge >= 0.3 is 6.03 Å². The van der Waals surface area contributed by atoms with Gasteiger partial charge in [0.15, 0.2) is 0 Å². The van der Waals surface area contributed by atoms with Gasteiger partial charge in [-0.25, -0.2) is 4.79 Å². The number of urea groups is 1. The van der Waals surface area contributed by atoms with E-state index in [9.17, 15) is 4.79 Å². The number of benzene rings is 2. The normalized spacial score (nSPS) is 15.1. The lowest BCUT2D eigenvalue weighted by Gasteiger charge is -2.30. The molecule has 3 rings (SSSR count). The number of piperidine rings is 1. The smallest absolute Gasteiger partial charge is 0.319 e. The molecule has 0 aliphatic carbocycles. The Morgan fingerprint density at radius 1 is 1.00 bits per heavy atom. The van der Waals surface area contributed by atoms with Crippen molar-refractivity contribution >= 4 is 11.7 Å². The van der Waals surface area contributed by atoms with Crippen molar-refractivity contribution in [2.45, 2.75) is 58.9 Å². The van der Waals surface area contributed by atoms with Gasteiger partial charge in [-0.1, -0.05) is 69.7 Å². The largest absolute Gasteiger partial charge is 0.322 e. The maximum absolute atomic E-state index is 13.2. The molecule has 1 N–H and O–H groups in total. The van der Waals surface area contributed by atoms with Gasteiger partial charge in [0.2, 0.25) is 0 Å². The lowest BCUT2D eigenvalue weighted by molar-refractivity contribution is 0.178. The topological polar surface area (TPSA) is 35.6 Å². The lowest BCUT2D eigenvalue weighted by atomic mass is 9.87. The number of likely N-dealkylation sites (tertiary alicyclic amines) is 1. The second kappa shape index (κ2) is 10.1. The Kier molecular flexibility index (Phi) is 7.54. The molecule has 1 aliphatic rings. The molecule has 30 heavy (non-hydrogen) atoms. The number of nitrogens with zero attached hydrogens (tertiary/aromatic N) is 2. The number of carbonyl (C=O) groups excluding carboxylic acids is 1. The third-order valence-electron chi connectivity index (χ3n) is 6.00. The van der Waals surface area contributed by atoms with Crippen LogP contribution in [0.1, 0.15) is 56.7 Å². The first-order chi connectivity index (χ1) is 14.3. The summed E-state index contributed by atoms with van der Waals surface area (Å²) in [4.78, 5) is 17.6. The minimum Gasteiger partial charge on any atom is -0.319 e. The van der Waals surface area contributed by atoms with Gasteiger partial charge in [0, 0.05) is 25.3 Å². The molecule has 0 spiro atoms. The maximum atomic E-state index is 13.2. The van der Waals surface area contributed by atoms with Gasteiger partial charge in [0.1, 0.15) is 0 Å². The van der Waals surface area contributed by atoms with E-state index in [-0.39, 0.29) is 11.4 Å². The Bertz CT molecular complexity index is 817. The number of nitrogens with one attached hydrogen (secondary N) is 1. The molecule has 0 atom stereocenters. The summed E-state index contributed by atoms with van der Waals surface area (Å²) in [6, 6.07) is 16.6. The van der Waals surface area contributed by atoms with Gasteiger partial charge < -0.3 is 15.1 Å². The summed E-state index contributed by atoms with van der Waals surface area (Å²) in [5.74, 6) is 0. The fourth-order valence-corrected chi connectivity index (χ4v) is 3.94. The average Bonchev–Trinajstić information content (AvgIpc) is 2.73. The van der Waals surface area contributed by atoms with Gasteiger partial charge in [-0.2, -0.15) is 0 Å². The van der Waals surface area contributed by atoms with Gasteiger partial charge in [0.05, 0.1) is 0 Å². The number of amides is 2. The number of carbonyl (C=O) groups is 1. The molecule has 2 aromatic rings. The first kappa shape index (κ1) is 22.4. The molecule has 1 saturated heterocycles. The van der Waals surface area contributed by atoms with E-state index in [0.717, 1.165) is 37.4 Å². The monoisotopic (exact) mass is 407 g/mol. The summed E-state index contributed by atoms with van der Waals surface area (Å²) in [7, 11) is 0. The molecule has 1 aliphatic heterocycles. The lowest BCUT2D eigenvalue weighted by Crippen LogP contribution is -2.42. The van der Waals surface area contributed by atoms with Crippen LogP contribution in [0.5, 0.6) is 0 Å². The van der Waals surface area contributed by atoms with Crippen LogP contribution < -0.4 is 5.32 Å². The van der Waals surface area contributed by atoms with E-state index in [1.807, 2.05) is 36.1 Å². The SMILES string of the molecule is Cc1ccccc1NC(=O)N(CCN1CCCCC1)Cc1ccc(C(C)(C)C)cc1. The van der Waals surface area contributed by atoms with Gasteiger partial charge in [-0.05, 0) is 61.0 Å². The first-order valence-electron chi connectivity index (χ1n) is 11.3. The maximum Gasteiger partial charge on any atom is 0.322 e. The van der Waals surface area contributed by atoms with E-state index < -0.39 is 0 Å². The minimum atomic E-state index is -0.0267. The number of hydrogen-bond acceptors (Lipinski definition) is 2.